The molecule has 3 aromatic rings. The summed E-state index contributed by atoms with van der Waals surface area (Å²) >= 11 is 11.4. The summed E-state index contributed by atoms with van der Waals surface area (Å²) in [6.45, 7) is 0. The van der Waals surface area contributed by atoms with Crippen molar-refractivity contribution in [2.24, 2.45) is 0 Å². The Kier molecular flexibility index (Phi) is 5.33. The number of rotatable bonds is 3. The first kappa shape index (κ1) is 18.9. The number of aromatic amines is 1. The van der Waals surface area contributed by atoms with Crippen LogP contribution >= 0.6 is 23.8 Å². The number of nitrogens with zero attached hydrogens (tertiary/aromatic N) is 1. The molecule has 0 radical (unpaired) electrons. The number of fused-ring (bicyclic) bond motifs is 1. The minimum atomic E-state index is -0.278. The van der Waals surface area contributed by atoms with Crippen molar-refractivity contribution in [3.8, 4) is 0 Å². The lowest BCUT2D eigenvalue weighted by molar-refractivity contribution is 0.102. The Morgan fingerprint density at radius 2 is 1.93 bits per heavy atom. The number of hydrogen-bond donors (Lipinski definition) is 2. The summed E-state index contributed by atoms with van der Waals surface area (Å²) in [6, 6.07) is 12.1. The van der Waals surface area contributed by atoms with E-state index in [1.54, 1.807) is 47.0 Å². The third-order valence-corrected chi connectivity index (χ3v) is 5.75. The fourth-order valence-electron chi connectivity index (χ4n) is 3.81. The molecule has 2 N–H and O–H groups in total. The van der Waals surface area contributed by atoms with E-state index in [0.717, 1.165) is 25.7 Å². The maximum absolute atomic E-state index is 13.0. The first-order valence-corrected chi connectivity index (χ1v) is 10.2. The van der Waals surface area contributed by atoms with E-state index in [2.05, 4.69) is 10.3 Å². The van der Waals surface area contributed by atoms with Gasteiger partial charge in [-0.3, -0.25) is 14.2 Å². The SMILES string of the molecule is O=C(Nc1cccc(Cl)c1)c1ccc2c(=O)n(C3CCCCC3)c(=S)[nH]c2c1. The second-order valence-electron chi connectivity index (χ2n) is 7.12. The summed E-state index contributed by atoms with van der Waals surface area (Å²) in [6.07, 6.45) is 5.39. The lowest BCUT2D eigenvalue weighted by Crippen LogP contribution is -2.28. The van der Waals surface area contributed by atoms with Crippen LogP contribution in [-0.2, 0) is 0 Å². The van der Waals surface area contributed by atoms with Crippen LogP contribution in [0.15, 0.2) is 47.3 Å². The van der Waals surface area contributed by atoms with Crippen molar-refractivity contribution < 1.29 is 4.79 Å². The lowest BCUT2D eigenvalue weighted by Gasteiger charge is -2.24. The Balaban J connectivity index is 1.68. The van der Waals surface area contributed by atoms with E-state index in [4.69, 9.17) is 23.8 Å². The molecule has 0 saturated heterocycles. The Bertz CT molecular complexity index is 1160. The summed E-state index contributed by atoms with van der Waals surface area (Å²) in [5.41, 5.74) is 1.53. The number of amides is 1. The molecule has 0 unspecified atom stereocenters. The monoisotopic (exact) mass is 413 g/mol. The quantitative estimate of drug-likeness (QED) is 0.559. The van der Waals surface area contributed by atoms with Gasteiger partial charge in [-0.05, 0) is 61.5 Å². The second kappa shape index (κ2) is 7.89. The molecule has 144 valence electrons. The highest BCUT2D eigenvalue weighted by molar-refractivity contribution is 7.71. The molecule has 1 saturated carbocycles. The highest BCUT2D eigenvalue weighted by Gasteiger charge is 2.19. The predicted molar refractivity (Wildman–Crippen MR) is 115 cm³/mol. The molecule has 1 aromatic heterocycles. The van der Waals surface area contributed by atoms with Crippen LogP contribution in [0.25, 0.3) is 10.9 Å². The van der Waals surface area contributed by atoms with Crippen molar-refractivity contribution in [3.63, 3.8) is 0 Å². The van der Waals surface area contributed by atoms with E-state index in [-0.39, 0.29) is 17.5 Å². The lowest BCUT2D eigenvalue weighted by atomic mass is 9.95. The maximum Gasteiger partial charge on any atom is 0.262 e. The molecule has 0 atom stereocenters. The molecule has 1 amide bonds. The summed E-state index contributed by atoms with van der Waals surface area (Å²) < 4.78 is 2.12. The minimum absolute atomic E-state index is 0.0903. The van der Waals surface area contributed by atoms with Gasteiger partial charge in [0.15, 0.2) is 4.77 Å². The zero-order valence-corrected chi connectivity index (χ0v) is 16.8. The van der Waals surface area contributed by atoms with E-state index in [0.29, 0.717) is 31.9 Å². The molecule has 1 heterocycles. The molecule has 0 spiro atoms. The van der Waals surface area contributed by atoms with Crippen molar-refractivity contribution in [2.75, 3.05) is 5.32 Å². The topological polar surface area (TPSA) is 66.9 Å². The van der Waals surface area contributed by atoms with Crippen molar-refractivity contribution in [3.05, 3.63) is 68.2 Å². The third kappa shape index (κ3) is 3.75. The van der Waals surface area contributed by atoms with E-state index < -0.39 is 0 Å². The van der Waals surface area contributed by atoms with Crippen LogP contribution in [0.4, 0.5) is 5.69 Å². The number of carbonyl (C=O) groups excluding carboxylic acids is 1. The molecule has 7 heteroatoms. The number of nitrogens with one attached hydrogen (secondary N) is 2. The van der Waals surface area contributed by atoms with Gasteiger partial charge in [0.1, 0.15) is 0 Å². The highest BCUT2D eigenvalue weighted by atomic mass is 35.5. The van der Waals surface area contributed by atoms with Gasteiger partial charge >= 0.3 is 0 Å². The van der Waals surface area contributed by atoms with Crippen LogP contribution in [-0.4, -0.2) is 15.5 Å². The molecular weight excluding hydrogens is 394 g/mol. The van der Waals surface area contributed by atoms with E-state index in [1.165, 1.54) is 6.42 Å². The van der Waals surface area contributed by atoms with Gasteiger partial charge in [-0.1, -0.05) is 36.9 Å². The number of anilines is 1. The van der Waals surface area contributed by atoms with Gasteiger partial charge in [-0.2, -0.15) is 0 Å². The van der Waals surface area contributed by atoms with Crippen LogP contribution in [0.5, 0.6) is 0 Å². The number of carbonyl (C=O) groups is 1. The third-order valence-electron chi connectivity index (χ3n) is 5.21. The molecule has 5 nitrogen and oxygen atoms in total. The summed E-state index contributed by atoms with van der Waals surface area (Å²) in [5, 5.41) is 3.89. The van der Waals surface area contributed by atoms with Crippen LogP contribution in [0.1, 0.15) is 48.5 Å². The molecule has 1 aliphatic carbocycles. The molecule has 1 aliphatic rings. The van der Waals surface area contributed by atoms with Crippen molar-refractivity contribution in [2.45, 2.75) is 38.1 Å². The largest absolute Gasteiger partial charge is 0.332 e. The van der Waals surface area contributed by atoms with E-state index >= 15 is 0 Å². The highest BCUT2D eigenvalue weighted by Crippen LogP contribution is 2.27. The Morgan fingerprint density at radius 3 is 2.68 bits per heavy atom. The Labute approximate surface area is 172 Å². The van der Waals surface area contributed by atoms with Gasteiger partial charge in [-0.25, -0.2) is 0 Å². The Morgan fingerprint density at radius 1 is 1.14 bits per heavy atom. The summed E-state index contributed by atoms with van der Waals surface area (Å²) in [5.74, 6) is -0.278. The first-order valence-electron chi connectivity index (χ1n) is 9.38. The maximum atomic E-state index is 13.0. The molecule has 4 rings (SSSR count). The van der Waals surface area contributed by atoms with Crippen molar-refractivity contribution in [1.29, 1.82) is 0 Å². The number of aromatic nitrogens is 2. The van der Waals surface area contributed by atoms with Gasteiger partial charge < -0.3 is 10.3 Å². The average molecular weight is 414 g/mol. The fraction of sp³-hybridized carbons (Fsp3) is 0.286. The summed E-state index contributed by atoms with van der Waals surface area (Å²) in [4.78, 5) is 28.7. The van der Waals surface area contributed by atoms with E-state index in [9.17, 15) is 9.59 Å². The molecule has 0 bridgehead atoms. The zero-order valence-electron chi connectivity index (χ0n) is 15.2. The summed E-state index contributed by atoms with van der Waals surface area (Å²) in [7, 11) is 0. The number of halogens is 1. The predicted octanol–water partition coefficient (Wildman–Crippen LogP) is 5.47. The van der Waals surface area contributed by atoms with Gasteiger partial charge in [-0.15, -0.1) is 0 Å². The second-order valence-corrected chi connectivity index (χ2v) is 7.95. The molecule has 1 fully saturated rings. The van der Waals surface area contributed by atoms with Gasteiger partial charge in [0, 0.05) is 22.3 Å². The standard InChI is InChI=1S/C21H20ClN3O2S/c22-14-5-4-6-15(12-14)23-19(26)13-9-10-17-18(11-13)24-21(28)25(20(17)27)16-7-2-1-3-8-16/h4-6,9-12,16H,1-3,7-8H2,(H,23,26)(H,24,28). The minimum Gasteiger partial charge on any atom is -0.332 e. The molecule has 28 heavy (non-hydrogen) atoms. The van der Waals surface area contributed by atoms with Crippen molar-refractivity contribution in [1.82, 2.24) is 9.55 Å². The number of benzene rings is 2. The molecule has 2 aromatic carbocycles. The Hall–Kier alpha value is -2.44. The molecular formula is C21H20ClN3O2S. The van der Waals surface area contributed by atoms with Gasteiger partial charge in [0.25, 0.3) is 11.5 Å². The smallest absolute Gasteiger partial charge is 0.262 e. The van der Waals surface area contributed by atoms with Crippen LogP contribution in [0, 0.1) is 4.77 Å². The number of hydrogen-bond acceptors (Lipinski definition) is 3. The molecule has 0 aliphatic heterocycles. The van der Waals surface area contributed by atoms with Crippen LogP contribution < -0.4 is 10.9 Å². The van der Waals surface area contributed by atoms with Crippen LogP contribution in [0.2, 0.25) is 5.02 Å². The fourth-order valence-corrected chi connectivity index (χ4v) is 4.35. The van der Waals surface area contributed by atoms with E-state index in [1.807, 2.05) is 0 Å². The van der Waals surface area contributed by atoms with Crippen molar-refractivity contribution >= 4 is 46.3 Å². The normalized spacial score (nSPS) is 14.9. The number of H-pyrrole nitrogens is 1. The average Bonchev–Trinajstić information content (AvgIpc) is 2.68. The zero-order chi connectivity index (χ0) is 19.7. The van der Waals surface area contributed by atoms with Crippen LogP contribution in [0.3, 0.4) is 0 Å². The van der Waals surface area contributed by atoms with Gasteiger partial charge in [0.2, 0.25) is 0 Å². The van der Waals surface area contributed by atoms with Gasteiger partial charge in [0.05, 0.1) is 10.9 Å². The first-order chi connectivity index (χ1) is 13.5.